The highest BCUT2D eigenvalue weighted by Crippen LogP contribution is 2.25. The summed E-state index contributed by atoms with van der Waals surface area (Å²) >= 11 is 0. The van der Waals surface area contributed by atoms with Crippen LogP contribution in [0, 0.1) is 0 Å². The molecule has 28 heavy (non-hydrogen) atoms. The highest BCUT2D eigenvalue weighted by molar-refractivity contribution is 5.91. The van der Waals surface area contributed by atoms with Crippen molar-refractivity contribution in [1.82, 2.24) is 10.1 Å². The normalized spacial score (nSPS) is 15.1. The number of hydrogen-bond acceptors (Lipinski definition) is 5. The lowest BCUT2D eigenvalue weighted by molar-refractivity contribution is -0.117. The number of benzene rings is 1. The third-order valence-corrected chi connectivity index (χ3v) is 5.08. The fourth-order valence-electron chi connectivity index (χ4n) is 3.54. The molecule has 0 radical (unpaired) electrons. The zero-order chi connectivity index (χ0) is 20.1. The van der Waals surface area contributed by atoms with E-state index in [9.17, 15) is 4.79 Å². The number of amides is 1. The standard InChI is InChI=1S/C22H32N4O2/c1-22(2,3)19-14-21(28-24-19)23-20(27)16-25(4)15-17-10-6-7-11-18(17)26-12-8-5-9-13-26/h6-7,10-11,14H,5,8-9,12-13,15-16H2,1-4H3,(H,23,27). The lowest BCUT2D eigenvalue weighted by atomic mass is 9.92. The van der Waals surface area contributed by atoms with Crippen LogP contribution in [0.4, 0.5) is 11.6 Å². The van der Waals surface area contributed by atoms with E-state index in [-0.39, 0.29) is 11.3 Å². The maximum atomic E-state index is 12.4. The molecule has 1 aliphatic rings. The molecular formula is C22H32N4O2. The van der Waals surface area contributed by atoms with Gasteiger partial charge in [0, 0.05) is 36.8 Å². The molecule has 152 valence electrons. The lowest BCUT2D eigenvalue weighted by Gasteiger charge is -2.31. The van der Waals surface area contributed by atoms with Crippen LogP contribution in [0.15, 0.2) is 34.9 Å². The Hall–Kier alpha value is -2.34. The number of nitrogens with zero attached hydrogens (tertiary/aromatic N) is 3. The van der Waals surface area contributed by atoms with Crippen LogP contribution < -0.4 is 10.2 Å². The van der Waals surface area contributed by atoms with E-state index in [1.165, 1.54) is 30.5 Å². The Labute approximate surface area is 167 Å². The molecular weight excluding hydrogens is 352 g/mol. The Balaban J connectivity index is 1.57. The van der Waals surface area contributed by atoms with Crippen LogP contribution in [0.25, 0.3) is 0 Å². The molecule has 6 nitrogen and oxygen atoms in total. The average molecular weight is 385 g/mol. The van der Waals surface area contributed by atoms with Gasteiger partial charge in [0.2, 0.25) is 11.8 Å². The first-order valence-corrected chi connectivity index (χ1v) is 10.1. The van der Waals surface area contributed by atoms with E-state index in [4.69, 9.17) is 4.52 Å². The van der Waals surface area contributed by atoms with Crippen LogP contribution in [0.2, 0.25) is 0 Å². The van der Waals surface area contributed by atoms with Crippen LogP contribution in [0.3, 0.4) is 0 Å². The first-order chi connectivity index (χ1) is 13.3. The first-order valence-electron chi connectivity index (χ1n) is 10.1. The summed E-state index contributed by atoms with van der Waals surface area (Å²) < 4.78 is 5.25. The van der Waals surface area contributed by atoms with E-state index in [0.717, 1.165) is 25.3 Å². The van der Waals surface area contributed by atoms with Crippen LogP contribution >= 0.6 is 0 Å². The number of carbonyl (C=O) groups excluding carboxylic acids is 1. The van der Waals surface area contributed by atoms with Gasteiger partial charge in [0.05, 0.1) is 12.2 Å². The van der Waals surface area contributed by atoms with E-state index in [1.807, 2.05) is 11.9 Å². The lowest BCUT2D eigenvalue weighted by Crippen LogP contribution is -2.32. The van der Waals surface area contributed by atoms with Gasteiger partial charge >= 0.3 is 0 Å². The number of likely N-dealkylation sites (N-methyl/N-ethyl adjacent to an activating group) is 1. The Morgan fingerprint density at radius 3 is 2.61 bits per heavy atom. The van der Waals surface area contributed by atoms with Gasteiger partial charge < -0.3 is 9.42 Å². The fraction of sp³-hybridized carbons (Fsp3) is 0.545. The molecule has 0 aliphatic carbocycles. The summed E-state index contributed by atoms with van der Waals surface area (Å²) in [6, 6.07) is 10.3. The van der Waals surface area contributed by atoms with Gasteiger partial charge in [0.25, 0.3) is 0 Å². The van der Waals surface area contributed by atoms with Crippen LogP contribution in [-0.4, -0.2) is 42.6 Å². The van der Waals surface area contributed by atoms with E-state index in [1.54, 1.807) is 6.07 Å². The highest BCUT2D eigenvalue weighted by atomic mass is 16.5. The summed E-state index contributed by atoms with van der Waals surface area (Å²) in [5.41, 5.74) is 3.27. The second-order valence-corrected chi connectivity index (χ2v) is 8.72. The van der Waals surface area contributed by atoms with Gasteiger partial charge in [-0.15, -0.1) is 0 Å². The Morgan fingerprint density at radius 2 is 1.93 bits per heavy atom. The molecule has 0 atom stereocenters. The van der Waals surface area contributed by atoms with Gasteiger partial charge in [-0.2, -0.15) is 0 Å². The van der Waals surface area contributed by atoms with Gasteiger partial charge in [-0.25, -0.2) is 0 Å². The average Bonchev–Trinajstić information content (AvgIpc) is 3.11. The molecule has 0 bridgehead atoms. The third-order valence-electron chi connectivity index (χ3n) is 5.08. The molecule has 1 aromatic heterocycles. The van der Waals surface area contributed by atoms with Crippen molar-refractivity contribution in [3.63, 3.8) is 0 Å². The quantitative estimate of drug-likeness (QED) is 0.815. The monoisotopic (exact) mass is 384 g/mol. The highest BCUT2D eigenvalue weighted by Gasteiger charge is 2.20. The summed E-state index contributed by atoms with van der Waals surface area (Å²) in [7, 11) is 1.97. The smallest absolute Gasteiger partial charge is 0.240 e. The second kappa shape index (κ2) is 8.78. The molecule has 0 spiro atoms. The van der Waals surface area contributed by atoms with Crippen molar-refractivity contribution in [2.75, 3.05) is 36.9 Å². The second-order valence-electron chi connectivity index (χ2n) is 8.72. The first kappa shape index (κ1) is 20.4. The Bertz CT molecular complexity index is 788. The molecule has 1 aliphatic heterocycles. The summed E-state index contributed by atoms with van der Waals surface area (Å²) in [4.78, 5) is 16.9. The molecule has 1 aromatic carbocycles. The van der Waals surface area contributed by atoms with Crippen molar-refractivity contribution in [1.29, 1.82) is 0 Å². The Kier molecular flexibility index (Phi) is 6.39. The number of aromatic nitrogens is 1. The number of carbonyl (C=O) groups is 1. The predicted molar refractivity (Wildman–Crippen MR) is 113 cm³/mol. The van der Waals surface area contributed by atoms with Crippen molar-refractivity contribution in [3.05, 3.63) is 41.6 Å². The number of piperidine rings is 1. The number of anilines is 2. The van der Waals surface area contributed by atoms with Crippen LogP contribution in [0.1, 0.15) is 51.3 Å². The molecule has 1 amide bonds. The molecule has 2 heterocycles. The summed E-state index contributed by atoms with van der Waals surface area (Å²) in [6.45, 7) is 9.42. The number of hydrogen-bond donors (Lipinski definition) is 1. The third kappa shape index (κ3) is 5.35. The molecule has 1 N–H and O–H groups in total. The SMILES string of the molecule is CN(CC(=O)Nc1cc(C(C)(C)C)no1)Cc1ccccc1N1CCCCC1. The predicted octanol–water partition coefficient (Wildman–Crippen LogP) is 4.03. The Morgan fingerprint density at radius 1 is 1.21 bits per heavy atom. The summed E-state index contributed by atoms with van der Waals surface area (Å²) in [5.74, 6) is 0.298. The largest absolute Gasteiger partial charge is 0.371 e. The van der Waals surface area contributed by atoms with Crippen molar-refractivity contribution in [2.24, 2.45) is 0 Å². The van der Waals surface area contributed by atoms with Crippen LogP contribution in [0.5, 0.6) is 0 Å². The molecule has 0 unspecified atom stereocenters. The van der Waals surface area contributed by atoms with Gasteiger partial charge in [0.1, 0.15) is 0 Å². The van der Waals surface area contributed by atoms with Gasteiger partial charge in [-0.3, -0.25) is 15.0 Å². The van der Waals surface area contributed by atoms with Crippen molar-refractivity contribution < 1.29 is 9.32 Å². The zero-order valence-corrected chi connectivity index (χ0v) is 17.5. The number of rotatable bonds is 6. The molecule has 3 rings (SSSR count). The van der Waals surface area contributed by atoms with E-state index in [2.05, 4.69) is 60.4 Å². The molecule has 2 aromatic rings. The molecule has 1 saturated heterocycles. The molecule has 1 fully saturated rings. The van der Waals surface area contributed by atoms with Gasteiger partial charge in [0.15, 0.2) is 0 Å². The maximum Gasteiger partial charge on any atom is 0.240 e. The topological polar surface area (TPSA) is 61.6 Å². The van der Waals surface area contributed by atoms with E-state index >= 15 is 0 Å². The molecule has 0 saturated carbocycles. The van der Waals surface area contributed by atoms with Gasteiger partial charge in [-0.1, -0.05) is 44.1 Å². The van der Waals surface area contributed by atoms with Crippen molar-refractivity contribution >= 4 is 17.5 Å². The van der Waals surface area contributed by atoms with Crippen molar-refractivity contribution in [2.45, 2.75) is 52.0 Å². The maximum absolute atomic E-state index is 12.4. The van der Waals surface area contributed by atoms with Crippen molar-refractivity contribution in [3.8, 4) is 0 Å². The summed E-state index contributed by atoms with van der Waals surface area (Å²) in [5, 5.41) is 6.85. The number of para-hydroxylation sites is 1. The summed E-state index contributed by atoms with van der Waals surface area (Å²) in [6.07, 6.45) is 3.82. The minimum atomic E-state index is -0.110. The van der Waals surface area contributed by atoms with E-state index < -0.39 is 0 Å². The molecule has 6 heteroatoms. The minimum Gasteiger partial charge on any atom is -0.371 e. The minimum absolute atomic E-state index is 0.102. The van der Waals surface area contributed by atoms with Crippen LogP contribution in [-0.2, 0) is 16.8 Å². The zero-order valence-electron chi connectivity index (χ0n) is 17.5. The van der Waals surface area contributed by atoms with Gasteiger partial charge in [-0.05, 0) is 37.9 Å². The van der Waals surface area contributed by atoms with E-state index in [0.29, 0.717) is 12.4 Å². The number of nitrogens with one attached hydrogen (secondary N) is 1. The fourth-order valence-corrected chi connectivity index (χ4v) is 3.54.